The fraction of sp³-hybridized carbons (Fsp3) is 0.400. The molecule has 0 bridgehead atoms. The fourth-order valence-corrected chi connectivity index (χ4v) is 2.40. The molecule has 1 aromatic heterocycles. The Labute approximate surface area is 120 Å². The second-order valence-electron chi connectivity index (χ2n) is 5.23. The van der Waals surface area contributed by atoms with Crippen molar-refractivity contribution in [3.05, 3.63) is 36.0 Å². The number of hydrogen-bond acceptors (Lipinski definition) is 2. The van der Waals surface area contributed by atoms with Crippen molar-refractivity contribution in [2.45, 2.75) is 33.2 Å². The number of fused-ring (bicyclic) bond motifs is 1. The van der Waals surface area contributed by atoms with Crippen molar-refractivity contribution in [1.29, 1.82) is 0 Å². The molecule has 104 valence electrons. The van der Waals surface area contributed by atoms with Crippen LogP contribution in [0.15, 0.2) is 30.5 Å². The highest BCUT2D eigenvalue weighted by Gasteiger charge is 2.16. The quantitative estimate of drug-likeness (QED) is 0.930. The molecule has 0 radical (unpaired) electrons. The standard InChI is InChI=1S/C15H20N2O.ClH/c1-10(2)8-14(16)13-9-17(11(3)18)15-7-5-4-6-12(13)15;/h4-7,9-10,14H,8,16H2,1-3H3;1H/t14-;/m1./s1. The molecule has 2 rings (SSSR count). The van der Waals surface area contributed by atoms with E-state index >= 15 is 0 Å². The summed E-state index contributed by atoms with van der Waals surface area (Å²) in [5.74, 6) is 0.564. The molecule has 0 saturated heterocycles. The highest BCUT2D eigenvalue weighted by Crippen LogP contribution is 2.28. The van der Waals surface area contributed by atoms with Crippen LogP contribution in [0.1, 0.15) is 43.6 Å². The number of halogens is 1. The number of carbonyl (C=O) groups excluding carboxylic acids is 1. The van der Waals surface area contributed by atoms with Crippen molar-refractivity contribution >= 4 is 29.2 Å². The van der Waals surface area contributed by atoms with Gasteiger partial charge in [0.25, 0.3) is 0 Å². The van der Waals surface area contributed by atoms with Gasteiger partial charge >= 0.3 is 0 Å². The lowest BCUT2D eigenvalue weighted by Gasteiger charge is -2.13. The first kappa shape index (κ1) is 15.7. The Morgan fingerprint density at radius 3 is 2.53 bits per heavy atom. The van der Waals surface area contributed by atoms with Crippen LogP contribution in [0.25, 0.3) is 10.9 Å². The van der Waals surface area contributed by atoms with Gasteiger partial charge in [-0.3, -0.25) is 9.36 Å². The van der Waals surface area contributed by atoms with Crippen molar-refractivity contribution in [3.8, 4) is 0 Å². The Hall–Kier alpha value is -1.32. The number of nitrogens with two attached hydrogens (primary N) is 1. The van der Waals surface area contributed by atoms with Gasteiger partial charge in [-0.2, -0.15) is 0 Å². The number of para-hydroxylation sites is 1. The Morgan fingerprint density at radius 1 is 1.32 bits per heavy atom. The Kier molecular flexibility index (Phi) is 5.15. The van der Waals surface area contributed by atoms with Gasteiger partial charge in [0.15, 0.2) is 0 Å². The molecular formula is C15H21ClN2O. The van der Waals surface area contributed by atoms with Gasteiger partial charge in [-0.25, -0.2) is 0 Å². The third kappa shape index (κ3) is 3.17. The first-order chi connectivity index (χ1) is 8.50. The van der Waals surface area contributed by atoms with E-state index in [1.54, 1.807) is 11.5 Å². The van der Waals surface area contributed by atoms with E-state index in [1.165, 1.54) is 0 Å². The molecule has 19 heavy (non-hydrogen) atoms. The summed E-state index contributed by atoms with van der Waals surface area (Å²) < 4.78 is 1.69. The van der Waals surface area contributed by atoms with Gasteiger partial charge in [0.2, 0.25) is 5.91 Å². The SMILES string of the molecule is CC(=O)n1cc([C@H](N)CC(C)C)c2ccccc21.Cl. The van der Waals surface area contributed by atoms with E-state index in [9.17, 15) is 4.79 Å². The van der Waals surface area contributed by atoms with Crippen molar-refractivity contribution in [2.75, 3.05) is 0 Å². The molecule has 0 spiro atoms. The summed E-state index contributed by atoms with van der Waals surface area (Å²) in [4.78, 5) is 11.6. The van der Waals surface area contributed by atoms with E-state index in [4.69, 9.17) is 5.73 Å². The molecule has 0 unspecified atom stereocenters. The van der Waals surface area contributed by atoms with E-state index in [0.29, 0.717) is 5.92 Å². The number of hydrogen-bond donors (Lipinski definition) is 1. The Bertz CT molecular complexity index is 575. The van der Waals surface area contributed by atoms with Gasteiger partial charge in [0.05, 0.1) is 5.52 Å². The Balaban J connectivity index is 0.00000180. The molecule has 4 heteroatoms. The van der Waals surface area contributed by atoms with Gasteiger partial charge in [-0.15, -0.1) is 12.4 Å². The van der Waals surface area contributed by atoms with Gasteiger partial charge in [0, 0.05) is 24.5 Å². The van der Waals surface area contributed by atoms with E-state index in [0.717, 1.165) is 22.9 Å². The minimum Gasteiger partial charge on any atom is -0.324 e. The van der Waals surface area contributed by atoms with Crippen LogP contribution in [0.2, 0.25) is 0 Å². The number of nitrogens with zero attached hydrogens (tertiary/aromatic N) is 1. The molecule has 0 amide bonds. The van der Waals surface area contributed by atoms with Crippen LogP contribution in [-0.4, -0.2) is 10.5 Å². The molecule has 0 aliphatic heterocycles. The lowest BCUT2D eigenvalue weighted by atomic mass is 9.97. The van der Waals surface area contributed by atoms with E-state index in [-0.39, 0.29) is 24.4 Å². The van der Waals surface area contributed by atoms with Crippen LogP contribution >= 0.6 is 12.4 Å². The van der Waals surface area contributed by atoms with E-state index in [2.05, 4.69) is 13.8 Å². The number of rotatable bonds is 3. The molecule has 1 aromatic carbocycles. The lowest BCUT2D eigenvalue weighted by molar-refractivity contribution is 0.0941. The maximum atomic E-state index is 11.6. The van der Waals surface area contributed by atoms with Crippen molar-refractivity contribution in [3.63, 3.8) is 0 Å². The van der Waals surface area contributed by atoms with Gasteiger partial charge in [0.1, 0.15) is 0 Å². The highest BCUT2D eigenvalue weighted by atomic mass is 35.5. The summed E-state index contributed by atoms with van der Waals surface area (Å²) in [5.41, 5.74) is 8.26. The van der Waals surface area contributed by atoms with Crippen LogP contribution in [-0.2, 0) is 0 Å². The second kappa shape index (κ2) is 6.22. The normalized spacial score (nSPS) is 12.5. The zero-order valence-electron chi connectivity index (χ0n) is 11.6. The van der Waals surface area contributed by atoms with Crippen LogP contribution in [0.5, 0.6) is 0 Å². The summed E-state index contributed by atoms with van der Waals surface area (Å²) in [6.45, 7) is 5.89. The average Bonchev–Trinajstić information content (AvgIpc) is 2.67. The largest absolute Gasteiger partial charge is 0.324 e. The molecule has 0 saturated carbocycles. The summed E-state index contributed by atoms with van der Waals surface area (Å²) in [6.07, 6.45) is 2.81. The molecule has 2 N–H and O–H groups in total. The molecule has 0 fully saturated rings. The second-order valence-corrected chi connectivity index (χ2v) is 5.23. The molecule has 3 nitrogen and oxygen atoms in total. The van der Waals surface area contributed by atoms with Crippen molar-refractivity contribution in [2.24, 2.45) is 11.7 Å². The topological polar surface area (TPSA) is 48.0 Å². The fourth-order valence-electron chi connectivity index (χ4n) is 2.40. The van der Waals surface area contributed by atoms with Crippen molar-refractivity contribution < 1.29 is 4.79 Å². The summed E-state index contributed by atoms with van der Waals surface area (Å²) >= 11 is 0. The third-order valence-electron chi connectivity index (χ3n) is 3.21. The zero-order valence-corrected chi connectivity index (χ0v) is 12.4. The van der Waals surface area contributed by atoms with Gasteiger partial charge in [-0.1, -0.05) is 32.0 Å². The van der Waals surface area contributed by atoms with Crippen LogP contribution in [0.3, 0.4) is 0 Å². The number of aromatic nitrogens is 1. The van der Waals surface area contributed by atoms with Crippen LogP contribution < -0.4 is 5.73 Å². The summed E-state index contributed by atoms with van der Waals surface area (Å²) in [6, 6.07) is 7.90. The molecule has 0 aliphatic carbocycles. The van der Waals surface area contributed by atoms with Gasteiger partial charge in [-0.05, 0) is 24.0 Å². The van der Waals surface area contributed by atoms with Crippen LogP contribution in [0, 0.1) is 5.92 Å². The smallest absolute Gasteiger partial charge is 0.227 e. The average molecular weight is 281 g/mol. The van der Waals surface area contributed by atoms with Crippen LogP contribution in [0.4, 0.5) is 0 Å². The molecule has 2 aromatic rings. The van der Waals surface area contributed by atoms with E-state index in [1.807, 2.05) is 30.5 Å². The third-order valence-corrected chi connectivity index (χ3v) is 3.21. The minimum absolute atomic E-state index is 0. The first-order valence-electron chi connectivity index (χ1n) is 6.37. The number of carbonyl (C=O) groups is 1. The summed E-state index contributed by atoms with van der Waals surface area (Å²) in [5, 5.41) is 1.08. The maximum absolute atomic E-state index is 11.6. The molecular weight excluding hydrogens is 260 g/mol. The predicted molar refractivity (Wildman–Crippen MR) is 81.9 cm³/mol. The lowest BCUT2D eigenvalue weighted by Crippen LogP contribution is -2.12. The predicted octanol–water partition coefficient (Wildman–Crippen LogP) is 3.77. The van der Waals surface area contributed by atoms with Crippen molar-refractivity contribution in [1.82, 2.24) is 4.57 Å². The monoisotopic (exact) mass is 280 g/mol. The zero-order chi connectivity index (χ0) is 13.3. The summed E-state index contributed by atoms with van der Waals surface area (Å²) in [7, 11) is 0. The molecule has 1 heterocycles. The minimum atomic E-state index is -0.0181. The Morgan fingerprint density at radius 2 is 1.95 bits per heavy atom. The molecule has 1 atom stereocenters. The maximum Gasteiger partial charge on any atom is 0.227 e. The van der Waals surface area contributed by atoms with E-state index < -0.39 is 0 Å². The highest BCUT2D eigenvalue weighted by molar-refractivity contribution is 5.93. The first-order valence-corrected chi connectivity index (χ1v) is 6.37. The molecule has 0 aliphatic rings. The number of benzene rings is 1. The van der Waals surface area contributed by atoms with Gasteiger partial charge < -0.3 is 5.73 Å².